The summed E-state index contributed by atoms with van der Waals surface area (Å²) in [5.41, 5.74) is 5.87. The number of hydrogen-bond donors (Lipinski definition) is 1. The molecule has 172 valence electrons. The number of nitrogens with one attached hydrogen (secondary N) is 1. The molecule has 0 atom stereocenters. The van der Waals surface area contributed by atoms with Gasteiger partial charge < -0.3 is 19.5 Å². The molecule has 0 unspecified atom stereocenters. The molecule has 1 fully saturated rings. The van der Waals surface area contributed by atoms with E-state index in [1.807, 2.05) is 33.8 Å². The fourth-order valence-electron chi connectivity index (χ4n) is 4.38. The summed E-state index contributed by atoms with van der Waals surface area (Å²) >= 11 is 0. The number of amides is 1. The highest BCUT2D eigenvalue weighted by atomic mass is 16.6. The Labute approximate surface area is 193 Å². The van der Waals surface area contributed by atoms with Crippen molar-refractivity contribution in [2.75, 3.05) is 18.4 Å². The van der Waals surface area contributed by atoms with Crippen LogP contribution in [-0.2, 0) is 11.3 Å². The van der Waals surface area contributed by atoms with E-state index in [1.165, 1.54) is 11.3 Å². The van der Waals surface area contributed by atoms with Gasteiger partial charge in [-0.25, -0.2) is 4.79 Å². The van der Waals surface area contributed by atoms with Gasteiger partial charge in [0, 0.05) is 25.3 Å². The Morgan fingerprint density at radius 2 is 1.82 bits per heavy atom. The number of likely N-dealkylation sites (tertiary alicyclic amines) is 1. The normalized spacial score (nSPS) is 14.6. The first-order chi connectivity index (χ1) is 15.7. The van der Waals surface area contributed by atoms with Crippen LogP contribution in [0.3, 0.4) is 0 Å². The van der Waals surface area contributed by atoms with Gasteiger partial charge in [-0.1, -0.05) is 30.3 Å². The quantitative estimate of drug-likeness (QED) is 0.503. The van der Waals surface area contributed by atoms with Crippen LogP contribution in [0.15, 0.2) is 42.5 Å². The zero-order chi connectivity index (χ0) is 23.3. The van der Waals surface area contributed by atoms with Gasteiger partial charge in [-0.15, -0.1) is 10.2 Å². The number of nitrogens with zero attached hydrogens (tertiary/aromatic N) is 5. The zero-order valence-corrected chi connectivity index (χ0v) is 19.8. The summed E-state index contributed by atoms with van der Waals surface area (Å²) in [5.74, 6) is 0.847. The van der Waals surface area contributed by atoms with Gasteiger partial charge in [0.2, 0.25) is 0 Å². The molecule has 4 aromatic rings. The number of pyridine rings is 1. The molecular formula is C25H30N6O2. The molecule has 8 nitrogen and oxygen atoms in total. The molecule has 0 bridgehead atoms. The lowest BCUT2D eigenvalue weighted by Gasteiger charge is -2.40. The fraction of sp³-hybridized carbons (Fsp3) is 0.400. The van der Waals surface area contributed by atoms with Crippen LogP contribution in [0.2, 0.25) is 0 Å². The molecule has 0 aliphatic carbocycles. The minimum atomic E-state index is -0.492. The monoisotopic (exact) mass is 446 g/mol. The molecular weight excluding hydrogens is 416 g/mol. The highest BCUT2D eigenvalue weighted by Gasteiger charge is 2.34. The Kier molecular flexibility index (Phi) is 5.03. The Morgan fingerprint density at radius 1 is 1.09 bits per heavy atom. The van der Waals surface area contributed by atoms with Crippen molar-refractivity contribution in [3.05, 3.63) is 59.5 Å². The van der Waals surface area contributed by atoms with Crippen LogP contribution < -0.4 is 5.32 Å². The van der Waals surface area contributed by atoms with Crippen molar-refractivity contribution >= 4 is 28.5 Å². The van der Waals surface area contributed by atoms with E-state index in [0.717, 1.165) is 34.7 Å². The number of rotatable bonds is 4. The van der Waals surface area contributed by atoms with Crippen LogP contribution in [0.1, 0.15) is 37.9 Å². The second-order valence-electron chi connectivity index (χ2n) is 9.82. The van der Waals surface area contributed by atoms with Gasteiger partial charge >= 0.3 is 6.09 Å². The number of carbonyl (C=O) groups is 1. The van der Waals surface area contributed by atoms with Gasteiger partial charge in [-0.05, 0) is 52.3 Å². The van der Waals surface area contributed by atoms with Crippen molar-refractivity contribution in [3.8, 4) is 0 Å². The van der Waals surface area contributed by atoms with Crippen LogP contribution in [0.25, 0.3) is 16.7 Å². The number of anilines is 1. The molecule has 1 saturated heterocycles. The van der Waals surface area contributed by atoms with Crippen molar-refractivity contribution in [1.82, 2.24) is 24.1 Å². The van der Waals surface area contributed by atoms with Crippen LogP contribution in [0, 0.1) is 13.8 Å². The zero-order valence-electron chi connectivity index (χ0n) is 19.8. The third kappa shape index (κ3) is 4.01. The lowest BCUT2D eigenvalue weighted by Crippen LogP contribution is -2.57. The molecule has 1 amide bonds. The Bertz CT molecular complexity index is 1330. The first-order valence-corrected chi connectivity index (χ1v) is 11.3. The predicted octanol–water partition coefficient (Wildman–Crippen LogP) is 4.38. The largest absolute Gasteiger partial charge is 0.444 e. The SMILES string of the molecule is Cc1cc2c(cc(NC3CN(C(=O)OC(C)(C)C)C3)c3nnc(C)n32)n1Cc1ccccc1. The lowest BCUT2D eigenvalue weighted by atomic mass is 10.1. The lowest BCUT2D eigenvalue weighted by molar-refractivity contribution is 0.0105. The van der Waals surface area contributed by atoms with Gasteiger partial charge in [0.25, 0.3) is 0 Å². The Balaban J connectivity index is 1.45. The molecule has 0 spiro atoms. The molecule has 0 saturated carbocycles. The number of aryl methyl sites for hydroxylation is 2. The average Bonchev–Trinajstić information content (AvgIpc) is 3.24. The van der Waals surface area contributed by atoms with Crippen LogP contribution in [0.4, 0.5) is 10.5 Å². The van der Waals surface area contributed by atoms with E-state index < -0.39 is 5.60 Å². The highest BCUT2D eigenvalue weighted by Crippen LogP contribution is 2.30. The maximum absolute atomic E-state index is 12.3. The summed E-state index contributed by atoms with van der Waals surface area (Å²) in [6, 6.07) is 14.9. The average molecular weight is 447 g/mol. The van der Waals surface area contributed by atoms with Gasteiger partial charge in [0.15, 0.2) is 5.65 Å². The van der Waals surface area contributed by atoms with E-state index in [9.17, 15) is 4.79 Å². The topological polar surface area (TPSA) is 76.7 Å². The molecule has 1 aromatic carbocycles. The first kappa shape index (κ1) is 21.3. The maximum atomic E-state index is 12.3. The van der Waals surface area contributed by atoms with E-state index in [1.54, 1.807) is 4.90 Å². The van der Waals surface area contributed by atoms with Crippen LogP contribution in [-0.4, -0.2) is 54.9 Å². The number of carbonyl (C=O) groups excluding carboxylic acids is 1. The molecule has 4 heterocycles. The fourth-order valence-corrected chi connectivity index (χ4v) is 4.38. The molecule has 1 aliphatic rings. The minimum absolute atomic E-state index is 0.134. The highest BCUT2D eigenvalue weighted by molar-refractivity contribution is 5.88. The van der Waals surface area contributed by atoms with E-state index in [-0.39, 0.29) is 12.1 Å². The van der Waals surface area contributed by atoms with Crippen molar-refractivity contribution in [2.45, 2.75) is 52.8 Å². The second-order valence-corrected chi connectivity index (χ2v) is 9.82. The second kappa shape index (κ2) is 7.79. The first-order valence-electron chi connectivity index (χ1n) is 11.3. The van der Waals surface area contributed by atoms with Crippen LogP contribution >= 0.6 is 0 Å². The molecule has 33 heavy (non-hydrogen) atoms. The number of hydrogen-bond acceptors (Lipinski definition) is 5. The molecule has 5 rings (SSSR count). The van der Waals surface area contributed by atoms with Gasteiger partial charge in [0.1, 0.15) is 11.4 Å². The van der Waals surface area contributed by atoms with Gasteiger partial charge in [-0.2, -0.15) is 0 Å². The van der Waals surface area contributed by atoms with Crippen molar-refractivity contribution in [3.63, 3.8) is 0 Å². The van der Waals surface area contributed by atoms with E-state index in [4.69, 9.17) is 4.74 Å². The summed E-state index contributed by atoms with van der Waals surface area (Å²) in [6.45, 7) is 11.7. The third-order valence-electron chi connectivity index (χ3n) is 5.99. The summed E-state index contributed by atoms with van der Waals surface area (Å²) in [7, 11) is 0. The summed E-state index contributed by atoms with van der Waals surface area (Å²) in [4.78, 5) is 14.0. The predicted molar refractivity (Wildman–Crippen MR) is 129 cm³/mol. The van der Waals surface area contributed by atoms with Crippen molar-refractivity contribution in [2.24, 2.45) is 0 Å². The molecule has 3 aromatic heterocycles. The maximum Gasteiger partial charge on any atom is 0.410 e. The molecule has 1 aliphatic heterocycles. The number of benzene rings is 1. The smallest absolute Gasteiger partial charge is 0.410 e. The summed E-state index contributed by atoms with van der Waals surface area (Å²) in [6.07, 6.45) is -0.271. The van der Waals surface area contributed by atoms with Crippen molar-refractivity contribution in [1.29, 1.82) is 0 Å². The van der Waals surface area contributed by atoms with Crippen LogP contribution in [0.5, 0.6) is 0 Å². The van der Waals surface area contributed by atoms with E-state index in [2.05, 4.69) is 67.8 Å². The number of ether oxygens (including phenoxy) is 1. The van der Waals surface area contributed by atoms with E-state index in [0.29, 0.717) is 13.1 Å². The van der Waals surface area contributed by atoms with E-state index >= 15 is 0 Å². The van der Waals surface area contributed by atoms with Crippen molar-refractivity contribution < 1.29 is 9.53 Å². The Hall–Kier alpha value is -3.55. The minimum Gasteiger partial charge on any atom is -0.444 e. The number of aromatic nitrogens is 4. The summed E-state index contributed by atoms with van der Waals surface area (Å²) in [5, 5.41) is 12.4. The molecule has 0 radical (unpaired) electrons. The molecule has 1 N–H and O–H groups in total. The third-order valence-corrected chi connectivity index (χ3v) is 5.99. The Morgan fingerprint density at radius 3 is 2.52 bits per heavy atom. The van der Waals surface area contributed by atoms with Gasteiger partial charge in [-0.3, -0.25) is 4.40 Å². The number of fused-ring (bicyclic) bond motifs is 3. The molecule has 8 heteroatoms. The summed E-state index contributed by atoms with van der Waals surface area (Å²) < 4.78 is 9.91. The standard InChI is InChI=1S/C25H30N6O2/c1-16-11-22-21(30(16)13-18-9-7-6-8-10-18)12-20(23-28-27-17(2)31(22)23)26-19-14-29(15-19)24(32)33-25(3,4)5/h6-12,19,26H,13-15H2,1-5H3. The van der Waals surface area contributed by atoms with Gasteiger partial charge in [0.05, 0.1) is 22.8 Å².